The summed E-state index contributed by atoms with van der Waals surface area (Å²) in [4.78, 5) is 22.1. The van der Waals surface area contributed by atoms with Gasteiger partial charge in [0, 0.05) is 50.0 Å². The normalized spacial score (nSPS) is 15.5. The van der Waals surface area contributed by atoms with Gasteiger partial charge in [0.2, 0.25) is 0 Å². The summed E-state index contributed by atoms with van der Waals surface area (Å²) in [6.07, 6.45) is 5.63. The first-order valence-corrected chi connectivity index (χ1v) is 9.51. The summed E-state index contributed by atoms with van der Waals surface area (Å²) in [5.41, 5.74) is 1.85. The van der Waals surface area contributed by atoms with Crippen LogP contribution in [0.5, 0.6) is 0 Å². The molecule has 0 radical (unpaired) electrons. The van der Waals surface area contributed by atoms with Gasteiger partial charge in [0.1, 0.15) is 0 Å². The quantitative estimate of drug-likeness (QED) is 0.782. The van der Waals surface area contributed by atoms with Gasteiger partial charge in [-0.1, -0.05) is 11.6 Å². The average molecular weight is 362 g/mol. The minimum absolute atomic E-state index is 0.0273. The van der Waals surface area contributed by atoms with E-state index in [-0.39, 0.29) is 5.91 Å². The van der Waals surface area contributed by atoms with E-state index >= 15 is 0 Å². The molecule has 6 heteroatoms. The lowest BCUT2D eigenvalue weighted by atomic mass is 10.1. The molecule has 2 heterocycles. The Bertz CT molecular complexity index is 703. The van der Waals surface area contributed by atoms with Crippen LogP contribution in [-0.4, -0.2) is 53.1 Å². The van der Waals surface area contributed by atoms with Gasteiger partial charge in [-0.2, -0.15) is 0 Å². The molecule has 1 aromatic carbocycles. The van der Waals surface area contributed by atoms with E-state index < -0.39 is 0 Å². The molecular formula is C18H20ClN3OS. The number of carbonyl (C=O) groups excluding carboxylic acids is 1. The maximum atomic E-state index is 12.8. The van der Waals surface area contributed by atoms with Gasteiger partial charge in [-0.05, 0) is 42.2 Å². The first-order chi connectivity index (χ1) is 11.7. The van der Waals surface area contributed by atoms with E-state index in [2.05, 4.69) is 9.88 Å². The van der Waals surface area contributed by atoms with Gasteiger partial charge in [0.25, 0.3) is 5.91 Å². The van der Waals surface area contributed by atoms with Crippen molar-refractivity contribution >= 4 is 29.3 Å². The second-order valence-electron chi connectivity index (χ2n) is 5.77. The number of aromatic nitrogens is 1. The predicted molar refractivity (Wildman–Crippen MR) is 98.7 cm³/mol. The molecule has 0 saturated carbocycles. The lowest BCUT2D eigenvalue weighted by Crippen LogP contribution is -2.48. The van der Waals surface area contributed by atoms with Gasteiger partial charge in [-0.15, -0.1) is 11.8 Å². The molecule has 1 aliphatic rings. The van der Waals surface area contributed by atoms with Crippen LogP contribution in [0, 0.1) is 0 Å². The maximum Gasteiger partial charge on any atom is 0.255 e. The van der Waals surface area contributed by atoms with Gasteiger partial charge in [0.15, 0.2) is 0 Å². The van der Waals surface area contributed by atoms with Crippen molar-refractivity contribution in [2.24, 2.45) is 0 Å². The molecule has 4 nitrogen and oxygen atoms in total. The van der Waals surface area contributed by atoms with Gasteiger partial charge in [-0.25, -0.2) is 0 Å². The van der Waals surface area contributed by atoms with Crippen molar-refractivity contribution in [3.05, 3.63) is 58.9 Å². The highest BCUT2D eigenvalue weighted by molar-refractivity contribution is 7.98. The van der Waals surface area contributed by atoms with Crippen molar-refractivity contribution in [1.82, 2.24) is 14.8 Å². The molecule has 1 aliphatic heterocycles. The van der Waals surface area contributed by atoms with Crippen molar-refractivity contribution in [2.45, 2.75) is 11.4 Å². The second kappa shape index (κ2) is 8.01. The fourth-order valence-electron chi connectivity index (χ4n) is 2.82. The first kappa shape index (κ1) is 17.3. The largest absolute Gasteiger partial charge is 0.336 e. The van der Waals surface area contributed by atoms with Crippen molar-refractivity contribution in [2.75, 3.05) is 32.4 Å². The van der Waals surface area contributed by atoms with Crippen LogP contribution in [0.2, 0.25) is 5.02 Å². The summed E-state index contributed by atoms with van der Waals surface area (Å²) in [7, 11) is 0. The monoisotopic (exact) mass is 361 g/mol. The Labute approximate surface area is 151 Å². The Balaban J connectivity index is 1.61. The zero-order chi connectivity index (χ0) is 16.9. The molecule has 0 aliphatic carbocycles. The number of carbonyl (C=O) groups is 1. The molecule has 2 aromatic rings. The van der Waals surface area contributed by atoms with E-state index in [1.165, 1.54) is 5.56 Å². The van der Waals surface area contributed by atoms with Crippen LogP contribution >= 0.6 is 23.4 Å². The standard InChI is InChI=1S/C18H20ClN3OS/c1-24-15-2-3-17(19)16(12-15)18(23)22-10-8-21(9-11-22)13-14-4-6-20-7-5-14/h2-7,12H,8-11,13H2,1H3. The predicted octanol–water partition coefficient (Wildman–Crippen LogP) is 3.41. The van der Waals surface area contributed by atoms with E-state index in [1.54, 1.807) is 17.8 Å². The van der Waals surface area contributed by atoms with Crippen molar-refractivity contribution in [1.29, 1.82) is 0 Å². The minimum atomic E-state index is 0.0273. The lowest BCUT2D eigenvalue weighted by molar-refractivity contribution is 0.0628. The Kier molecular flexibility index (Phi) is 5.76. The van der Waals surface area contributed by atoms with Gasteiger partial charge < -0.3 is 4.90 Å². The number of benzene rings is 1. The fourth-order valence-corrected chi connectivity index (χ4v) is 3.46. The third kappa shape index (κ3) is 4.09. The molecular weight excluding hydrogens is 342 g/mol. The molecule has 0 bridgehead atoms. The maximum absolute atomic E-state index is 12.8. The van der Waals surface area contributed by atoms with Gasteiger partial charge in [0.05, 0.1) is 10.6 Å². The molecule has 1 saturated heterocycles. The average Bonchev–Trinajstić information content (AvgIpc) is 2.63. The van der Waals surface area contributed by atoms with E-state index in [1.807, 2.05) is 47.8 Å². The highest BCUT2D eigenvalue weighted by Gasteiger charge is 2.23. The van der Waals surface area contributed by atoms with E-state index in [0.29, 0.717) is 10.6 Å². The highest BCUT2D eigenvalue weighted by atomic mass is 35.5. The van der Waals surface area contributed by atoms with Crippen molar-refractivity contribution in [3.8, 4) is 0 Å². The molecule has 1 fully saturated rings. The molecule has 3 rings (SSSR count). The van der Waals surface area contributed by atoms with Crippen LogP contribution in [0.4, 0.5) is 0 Å². The van der Waals surface area contributed by atoms with Crippen LogP contribution in [0.15, 0.2) is 47.6 Å². The molecule has 126 valence electrons. The second-order valence-corrected chi connectivity index (χ2v) is 7.06. The van der Waals surface area contributed by atoms with Crippen LogP contribution in [0.1, 0.15) is 15.9 Å². The molecule has 24 heavy (non-hydrogen) atoms. The molecule has 0 unspecified atom stereocenters. The summed E-state index contributed by atoms with van der Waals surface area (Å²) in [6, 6.07) is 9.70. The third-order valence-corrected chi connectivity index (χ3v) is 5.27. The number of halogens is 1. The van der Waals surface area contributed by atoms with E-state index in [0.717, 1.165) is 37.6 Å². The minimum Gasteiger partial charge on any atom is -0.336 e. The molecule has 1 aromatic heterocycles. The number of hydrogen-bond acceptors (Lipinski definition) is 4. The number of hydrogen-bond donors (Lipinski definition) is 0. The Hall–Kier alpha value is -1.56. The number of amides is 1. The number of thioether (sulfide) groups is 1. The van der Waals surface area contributed by atoms with Crippen LogP contribution in [-0.2, 0) is 6.54 Å². The van der Waals surface area contributed by atoms with E-state index in [4.69, 9.17) is 11.6 Å². The van der Waals surface area contributed by atoms with Crippen LogP contribution in [0.3, 0.4) is 0 Å². The molecule has 0 spiro atoms. The SMILES string of the molecule is CSc1ccc(Cl)c(C(=O)N2CCN(Cc3ccncc3)CC2)c1. The summed E-state index contributed by atoms with van der Waals surface area (Å²) in [6.45, 7) is 4.09. The topological polar surface area (TPSA) is 36.4 Å². The van der Waals surface area contributed by atoms with Crippen LogP contribution < -0.4 is 0 Å². The third-order valence-electron chi connectivity index (χ3n) is 4.22. The first-order valence-electron chi connectivity index (χ1n) is 7.91. The summed E-state index contributed by atoms with van der Waals surface area (Å²) in [5.74, 6) is 0.0273. The zero-order valence-corrected chi connectivity index (χ0v) is 15.2. The number of nitrogens with zero attached hydrogens (tertiary/aromatic N) is 3. The van der Waals surface area contributed by atoms with E-state index in [9.17, 15) is 4.79 Å². The lowest BCUT2D eigenvalue weighted by Gasteiger charge is -2.35. The summed E-state index contributed by atoms with van der Waals surface area (Å²) in [5, 5.41) is 0.525. The van der Waals surface area contributed by atoms with Crippen molar-refractivity contribution < 1.29 is 4.79 Å². The molecule has 0 atom stereocenters. The number of piperazine rings is 1. The fraction of sp³-hybridized carbons (Fsp3) is 0.333. The van der Waals surface area contributed by atoms with Crippen LogP contribution in [0.25, 0.3) is 0 Å². The Morgan fingerprint density at radius 1 is 1.17 bits per heavy atom. The number of pyridine rings is 1. The Morgan fingerprint density at radius 2 is 1.88 bits per heavy atom. The highest BCUT2D eigenvalue weighted by Crippen LogP contribution is 2.24. The molecule has 0 N–H and O–H groups in total. The number of rotatable bonds is 4. The van der Waals surface area contributed by atoms with Gasteiger partial charge >= 0.3 is 0 Å². The Morgan fingerprint density at radius 3 is 2.54 bits per heavy atom. The summed E-state index contributed by atoms with van der Waals surface area (Å²) >= 11 is 7.84. The van der Waals surface area contributed by atoms with Crippen molar-refractivity contribution in [3.63, 3.8) is 0 Å². The summed E-state index contributed by atoms with van der Waals surface area (Å²) < 4.78 is 0. The zero-order valence-electron chi connectivity index (χ0n) is 13.6. The molecule has 1 amide bonds. The smallest absolute Gasteiger partial charge is 0.255 e. The van der Waals surface area contributed by atoms with Gasteiger partial charge in [-0.3, -0.25) is 14.7 Å².